The van der Waals surface area contributed by atoms with Crippen LogP contribution in [0.15, 0.2) is 18.2 Å². The second-order valence-corrected chi connectivity index (χ2v) is 5.45. The number of carbonyl (C=O) groups excluding carboxylic acids is 1. The molecule has 8 nitrogen and oxygen atoms in total. The molecule has 1 fully saturated rings. The van der Waals surface area contributed by atoms with Crippen LogP contribution in [0.25, 0.3) is 0 Å². The van der Waals surface area contributed by atoms with E-state index in [1.807, 2.05) is 0 Å². The van der Waals surface area contributed by atoms with E-state index in [4.69, 9.17) is 15.2 Å². The Labute approximate surface area is 146 Å². The number of nitro benzene ring substituents is 1. The van der Waals surface area contributed by atoms with Crippen LogP contribution in [-0.2, 0) is 16.1 Å². The second kappa shape index (κ2) is 9.41. The number of amides is 1. The average Bonchev–Trinajstić information content (AvgIpc) is 2.59. The highest BCUT2D eigenvalue weighted by Crippen LogP contribution is 2.24. The number of nitrogens with zero attached hydrogens (tertiary/aromatic N) is 1. The molecule has 0 spiro atoms. The summed E-state index contributed by atoms with van der Waals surface area (Å²) in [6, 6.07) is 3.65. The van der Waals surface area contributed by atoms with Gasteiger partial charge in [0.15, 0.2) is 0 Å². The van der Waals surface area contributed by atoms with Gasteiger partial charge in [-0.2, -0.15) is 0 Å². The molecule has 0 aliphatic carbocycles. The zero-order valence-electron chi connectivity index (χ0n) is 13.4. The maximum Gasteiger partial charge on any atom is 0.270 e. The van der Waals surface area contributed by atoms with Crippen LogP contribution in [0.4, 0.5) is 5.69 Å². The Morgan fingerprint density at radius 1 is 1.50 bits per heavy atom. The smallest absolute Gasteiger partial charge is 0.270 e. The third-order valence-electron chi connectivity index (χ3n) is 4.00. The van der Waals surface area contributed by atoms with Gasteiger partial charge in [-0.15, -0.1) is 12.4 Å². The number of benzene rings is 1. The summed E-state index contributed by atoms with van der Waals surface area (Å²) in [6.07, 6.45) is 1.52. The van der Waals surface area contributed by atoms with Crippen LogP contribution in [0, 0.1) is 16.0 Å². The Kier molecular flexibility index (Phi) is 7.90. The quantitative estimate of drug-likeness (QED) is 0.585. The van der Waals surface area contributed by atoms with Gasteiger partial charge in [0.05, 0.1) is 18.1 Å². The highest BCUT2D eigenvalue weighted by atomic mass is 35.5. The van der Waals surface area contributed by atoms with Crippen LogP contribution in [0.2, 0.25) is 0 Å². The van der Waals surface area contributed by atoms with Crippen LogP contribution in [0.3, 0.4) is 0 Å². The average molecular weight is 360 g/mol. The molecule has 1 saturated heterocycles. The molecule has 1 atom stereocenters. The molecule has 1 amide bonds. The molecule has 1 aliphatic rings. The SMILES string of the molecule is COc1ccc([N+](=O)[O-])cc1CNC(=O)C(N)C1CCOCC1.Cl. The molecule has 0 aromatic heterocycles. The van der Waals surface area contributed by atoms with E-state index in [0.717, 1.165) is 12.8 Å². The Morgan fingerprint density at radius 2 is 2.17 bits per heavy atom. The molecule has 1 aliphatic heterocycles. The highest BCUT2D eigenvalue weighted by molar-refractivity contribution is 5.85. The fourth-order valence-corrected chi connectivity index (χ4v) is 2.61. The third kappa shape index (κ3) is 5.05. The highest BCUT2D eigenvalue weighted by Gasteiger charge is 2.26. The minimum absolute atomic E-state index is 0. The standard InChI is InChI=1S/C15H21N3O5.ClH/c1-22-13-3-2-12(18(20)21)8-11(13)9-17-15(19)14(16)10-4-6-23-7-5-10;/h2-3,8,10,14H,4-7,9,16H2,1H3,(H,17,19);1H. The minimum Gasteiger partial charge on any atom is -0.496 e. The molecule has 2 rings (SSSR count). The molecule has 134 valence electrons. The third-order valence-corrected chi connectivity index (χ3v) is 4.00. The van der Waals surface area contributed by atoms with E-state index in [0.29, 0.717) is 24.5 Å². The van der Waals surface area contributed by atoms with Gasteiger partial charge in [-0.1, -0.05) is 0 Å². The van der Waals surface area contributed by atoms with Crippen molar-refractivity contribution in [1.82, 2.24) is 5.32 Å². The van der Waals surface area contributed by atoms with E-state index in [1.165, 1.54) is 25.3 Å². The van der Waals surface area contributed by atoms with Crippen LogP contribution in [-0.4, -0.2) is 37.2 Å². The molecule has 1 aromatic carbocycles. The van der Waals surface area contributed by atoms with E-state index in [-0.39, 0.29) is 36.5 Å². The van der Waals surface area contributed by atoms with Gasteiger partial charge in [0.1, 0.15) is 5.75 Å². The summed E-state index contributed by atoms with van der Waals surface area (Å²) in [5.74, 6) is 0.303. The molecule has 1 unspecified atom stereocenters. The molecule has 1 heterocycles. The zero-order chi connectivity index (χ0) is 16.8. The van der Waals surface area contributed by atoms with Crippen LogP contribution in [0.5, 0.6) is 5.75 Å². The van der Waals surface area contributed by atoms with E-state index in [9.17, 15) is 14.9 Å². The van der Waals surface area contributed by atoms with Crippen molar-refractivity contribution in [3.8, 4) is 5.75 Å². The van der Waals surface area contributed by atoms with Gasteiger partial charge >= 0.3 is 0 Å². The Bertz CT molecular complexity index is 578. The Morgan fingerprint density at radius 3 is 2.75 bits per heavy atom. The lowest BCUT2D eigenvalue weighted by Crippen LogP contribution is -2.46. The number of non-ortho nitro benzene ring substituents is 1. The van der Waals surface area contributed by atoms with Crippen LogP contribution < -0.4 is 15.8 Å². The fourth-order valence-electron chi connectivity index (χ4n) is 2.61. The predicted octanol–water partition coefficient (Wildman–Crippen LogP) is 1.40. The normalized spacial score (nSPS) is 15.9. The first-order chi connectivity index (χ1) is 11.0. The number of hydrogen-bond acceptors (Lipinski definition) is 6. The van der Waals surface area contributed by atoms with Crippen LogP contribution >= 0.6 is 12.4 Å². The number of halogens is 1. The van der Waals surface area contributed by atoms with Crippen molar-refractivity contribution in [2.75, 3.05) is 20.3 Å². The molecule has 1 aromatic rings. The lowest BCUT2D eigenvalue weighted by Gasteiger charge is -2.26. The summed E-state index contributed by atoms with van der Waals surface area (Å²) in [4.78, 5) is 22.5. The molecule has 0 radical (unpaired) electrons. The van der Waals surface area contributed by atoms with Crippen LogP contribution in [0.1, 0.15) is 18.4 Å². The van der Waals surface area contributed by atoms with Gasteiger partial charge in [0, 0.05) is 37.5 Å². The predicted molar refractivity (Wildman–Crippen MR) is 90.3 cm³/mol. The molecular weight excluding hydrogens is 338 g/mol. The van der Waals surface area contributed by atoms with E-state index >= 15 is 0 Å². The number of carbonyl (C=O) groups is 1. The van der Waals surface area contributed by atoms with Gasteiger partial charge in [-0.3, -0.25) is 14.9 Å². The lowest BCUT2D eigenvalue weighted by atomic mass is 9.92. The van der Waals surface area contributed by atoms with E-state index in [1.54, 1.807) is 0 Å². The van der Waals surface area contributed by atoms with Crippen molar-refractivity contribution in [2.24, 2.45) is 11.7 Å². The first-order valence-corrected chi connectivity index (χ1v) is 7.45. The van der Waals surface area contributed by atoms with Crippen molar-refractivity contribution in [2.45, 2.75) is 25.4 Å². The number of nitro groups is 1. The number of methoxy groups -OCH3 is 1. The first kappa shape index (κ1) is 20.1. The van der Waals surface area contributed by atoms with E-state index < -0.39 is 11.0 Å². The number of nitrogens with one attached hydrogen (secondary N) is 1. The Hall–Kier alpha value is -1.90. The maximum absolute atomic E-state index is 12.2. The van der Waals surface area contributed by atoms with Crippen molar-refractivity contribution >= 4 is 24.0 Å². The number of ether oxygens (including phenoxy) is 2. The van der Waals surface area contributed by atoms with Gasteiger partial charge < -0.3 is 20.5 Å². The second-order valence-electron chi connectivity index (χ2n) is 5.45. The first-order valence-electron chi connectivity index (χ1n) is 7.45. The van der Waals surface area contributed by atoms with Gasteiger partial charge in [0.2, 0.25) is 5.91 Å². The summed E-state index contributed by atoms with van der Waals surface area (Å²) in [6.45, 7) is 1.36. The van der Waals surface area contributed by atoms with Crippen molar-refractivity contribution < 1.29 is 19.2 Å². The number of rotatable bonds is 6. The topological polar surface area (TPSA) is 117 Å². The molecular formula is C15H22ClN3O5. The van der Waals surface area contributed by atoms with Crippen molar-refractivity contribution in [1.29, 1.82) is 0 Å². The van der Waals surface area contributed by atoms with Gasteiger partial charge in [0.25, 0.3) is 5.69 Å². The summed E-state index contributed by atoms with van der Waals surface area (Å²) in [7, 11) is 1.47. The number of nitrogens with two attached hydrogens (primary N) is 1. The summed E-state index contributed by atoms with van der Waals surface area (Å²) < 4.78 is 10.4. The van der Waals surface area contributed by atoms with Gasteiger partial charge in [-0.05, 0) is 24.8 Å². The molecule has 0 bridgehead atoms. The fraction of sp³-hybridized carbons (Fsp3) is 0.533. The lowest BCUT2D eigenvalue weighted by molar-refractivity contribution is -0.384. The summed E-state index contributed by atoms with van der Waals surface area (Å²) >= 11 is 0. The molecule has 3 N–H and O–H groups in total. The zero-order valence-corrected chi connectivity index (χ0v) is 14.2. The molecule has 0 saturated carbocycles. The maximum atomic E-state index is 12.2. The monoisotopic (exact) mass is 359 g/mol. The summed E-state index contributed by atoms with van der Waals surface area (Å²) in [5.41, 5.74) is 6.48. The molecule has 24 heavy (non-hydrogen) atoms. The van der Waals surface area contributed by atoms with Crippen molar-refractivity contribution in [3.05, 3.63) is 33.9 Å². The summed E-state index contributed by atoms with van der Waals surface area (Å²) in [5, 5.41) is 13.6. The minimum atomic E-state index is -0.608. The molecule has 9 heteroatoms. The van der Waals surface area contributed by atoms with Crippen molar-refractivity contribution in [3.63, 3.8) is 0 Å². The number of hydrogen-bond donors (Lipinski definition) is 2. The van der Waals surface area contributed by atoms with E-state index in [2.05, 4.69) is 5.32 Å². The Balaban J connectivity index is 0.00000288. The largest absolute Gasteiger partial charge is 0.496 e. The van der Waals surface area contributed by atoms with Gasteiger partial charge in [-0.25, -0.2) is 0 Å².